The van der Waals surface area contributed by atoms with Crippen molar-refractivity contribution in [1.29, 1.82) is 0 Å². The highest BCUT2D eigenvalue weighted by Gasteiger charge is 2.65. The first-order chi connectivity index (χ1) is 11.1. The smallest absolute Gasteiger partial charge is 0.335 e. The van der Waals surface area contributed by atoms with Crippen LogP contribution in [0.3, 0.4) is 0 Å². The van der Waals surface area contributed by atoms with Crippen molar-refractivity contribution in [3.63, 3.8) is 0 Å². The second kappa shape index (κ2) is 4.59. The van der Waals surface area contributed by atoms with Gasteiger partial charge in [0, 0.05) is 11.6 Å². The third-order valence-electron chi connectivity index (χ3n) is 4.86. The van der Waals surface area contributed by atoms with E-state index in [0.29, 0.717) is 12.1 Å². The molecule has 5 heteroatoms. The number of carboxylic acid groups (broad SMARTS) is 1. The maximum atomic E-state index is 12.5. The molecule has 1 aliphatic carbocycles. The normalized spacial score (nSPS) is 24.2. The minimum Gasteiger partial charge on any atom is -0.497 e. The van der Waals surface area contributed by atoms with Crippen molar-refractivity contribution in [2.75, 3.05) is 12.4 Å². The van der Waals surface area contributed by atoms with E-state index in [9.17, 15) is 14.7 Å². The molecule has 2 atom stereocenters. The van der Waals surface area contributed by atoms with E-state index in [1.165, 1.54) is 6.07 Å². The first kappa shape index (κ1) is 13.8. The summed E-state index contributed by atoms with van der Waals surface area (Å²) in [6.45, 7) is 0. The molecule has 0 saturated heterocycles. The van der Waals surface area contributed by atoms with Crippen LogP contribution in [0.5, 0.6) is 5.75 Å². The standard InChI is InChI=1S/C18H15NO4/c1-23-12-4-2-3-10(7-12)14-9-18(14)13-8-11(16(20)21)5-6-15(13)19-17(18)22/h2-8,14H,9H2,1H3,(H,19,22)(H,20,21)/t14-,18+/m1/s1. The predicted octanol–water partition coefficient (Wildman–Crippen LogP) is 2.77. The average molecular weight is 309 g/mol. The largest absolute Gasteiger partial charge is 0.497 e. The zero-order chi connectivity index (χ0) is 16.2. The Balaban J connectivity index is 1.78. The summed E-state index contributed by atoms with van der Waals surface area (Å²) in [5.74, 6) is -0.242. The van der Waals surface area contributed by atoms with Crippen LogP contribution in [0.25, 0.3) is 0 Å². The average Bonchev–Trinajstić information content (AvgIpc) is 3.25. The molecule has 4 rings (SSSR count). The van der Waals surface area contributed by atoms with Gasteiger partial charge in [-0.3, -0.25) is 4.79 Å². The van der Waals surface area contributed by atoms with Gasteiger partial charge in [-0.25, -0.2) is 4.79 Å². The molecule has 2 aromatic rings. The fourth-order valence-corrected chi connectivity index (χ4v) is 3.58. The first-order valence-electron chi connectivity index (χ1n) is 7.39. The molecule has 1 fully saturated rings. The molecule has 2 aromatic carbocycles. The van der Waals surface area contributed by atoms with Crippen LogP contribution >= 0.6 is 0 Å². The lowest BCUT2D eigenvalue weighted by atomic mass is 9.91. The van der Waals surface area contributed by atoms with Crippen LogP contribution < -0.4 is 10.1 Å². The Bertz CT molecular complexity index is 845. The van der Waals surface area contributed by atoms with Crippen molar-refractivity contribution in [2.45, 2.75) is 17.8 Å². The highest BCUT2D eigenvalue weighted by atomic mass is 16.5. The number of ether oxygens (including phenoxy) is 1. The van der Waals surface area contributed by atoms with E-state index in [1.54, 1.807) is 19.2 Å². The molecule has 0 bridgehead atoms. The fraction of sp³-hybridized carbons (Fsp3) is 0.222. The number of aromatic carboxylic acids is 1. The lowest BCUT2D eigenvalue weighted by molar-refractivity contribution is -0.118. The van der Waals surface area contributed by atoms with Gasteiger partial charge in [0.05, 0.1) is 18.1 Å². The Morgan fingerprint density at radius 1 is 1.30 bits per heavy atom. The summed E-state index contributed by atoms with van der Waals surface area (Å²) in [4.78, 5) is 23.8. The third-order valence-corrected chi connectivity index (χ3v) is 4.86. The molecule has 1 saturated carbocycles. The van der Waals surface area contributed by atoms with Gasteiger partial charge in [0.15, 0.2) is 0 Å². The van der Waals surface area contributed by atoms with Crippen molar-refractivity contribution in [3.8, 4) is 5.75 Å². The van der Waals surface area contributed by atoms with Crippen LogP contribution in [0, 0.1) is 0 Å². The van der Waals surface area contributed by atoms with E-state index in [1.807, 2.05) is 24.3 Å². The minimum atomic E-state index is -0.985. The molecule has 2 aliphatic rings. The number of hydrogen-bond donors (Lipinski definition) is 2. The van der Waals surface area contributed by atoms with Gasteiger partial charge in [0.1, 0.15) is 5.75 Å². The van der Waals surface area contributed by atoms with Crippen LogP contribution in [0.2, 0.25) is 0 Å². The van der Waals surface area contributed by atoms with E-state index >= 15 is 0 Å². The van der Waals surface area contributed by atoms with Crippen molar-refractivity contribution in [2.24, 2.45) is 0 Å². The number of benzene rings is 2. The van der Waals surface area contributed by atoms with E-state index in [2.05, 4.69) is 5.32 Å². The summed E-state index contributed by atoms with van der Waals surface area (Å²) in [5, 5.41) is 12.1. The summed E-state index contributed by atoms with van der Waals surface area (Å²) in [6.07, 6.45) is 0.683. The highest BCUT2D eigenvalue weighted by Crippen LogP contribution is 2.65. The van der Waals surface area contributed by atoms with Crippen LogP contribution in [0.1, 0.15) is 33.8 Å². The van der Waals surface area contributed by atoms with Gasteiger partial charge in [-0.05, 0) is 47.9 Å². The molecule has 1 heterocycles. The Morgan fingerprint density at radius 3 is 2.87 bits per heavy atom. The lowest BCUT2D eigenvalue weighted by Crippen LogP contribution is -2.21. The number of nitrogens with one attached hydrogen (secondary N) is 1. The molecule has 1 aliphatic heterocycles. The summed E-state index contributed by atoms with van der Waals surface area (Å²) in [6, 6.07) is 12.5. The topological polar surface area (TPSA) is 75.6 Å². The Kier molecular flexibility index (Phi) is 2.75. The van der Waals surface area contributed by atoms with Gasteiger partial charge in [0.25, 0.3) is 0 Å². The molecule has 1 amide bonds. The van der Waals surface area contributed by atoms with Crippen molar-refractivity contribution < 1.29 is 19.4 Å². The molecule has 0 aromatic heterocycles. The van der Waals surface area contributed by atoms with E-state index in [4.69, 9.17) is 4.74 Å². The molecular formula is C18H15NO4. The Hall–Kier alpha value is -2.82. The van der Waals surface area contributed by atoms with Gasteiger partial charge >= 0.3 is 5.97 Å². The molecule has 116 valence electrons. The molecular weight excluding hydrogens is 294 g/mol. The number of carboxylic acids is 1. The van der Waals surface area contributed by atoms with Crippen LogP contribution in [0.4, 0.5) is 5.69 Å². The van der Waals surface area contributed by atoms with Gasteiger partial charge in [-0.1, -0.05) is 12.1 Å². The quantitative estimate of drug-likeness (QED) is 0.914. The molecule has 5 nitrogen and oxygen atoms in total. The SMILES string of the molecule is COc1cccc([C@H]2C[C@@]23C(=O)Nc2ccc(C(=O)O)cc23)c1. The number of hydrogen-bond acceptors (Lipinski definition) is 3. The summed E-state index contributed by atoms with van der Waals surface area (Å²) in [7, 11) is 1.61. The maximum Gasteiger partial charge on any atom is 0.335 e. The van der Waals surface area contributed by atoms with Crippen LogP contribution in [0.15, 0.2) is 42.5 Å². The second-order valence-electron chi connectivity index (χ2n) is 6.02. The Morgan fingerprint density at radius 2 is 2.13 bits per heavy atom. The van der Waals surface area contributed by atoms with E-state index in [-0.39, 0.29) is 17.4 Å². The van der Waals surface area contributed by atoms with Gasteiger partial charge < -0.3 is 15.2 Å². The summed E-state index contributed by atoms with van der Waals surface area (Å²) >= 11 is 0. The van der Waals surface area contributed by atoms with Crippen LogP contribution in [-0.4, -0.2) is 24.1 Å². The lowest BCUT2D eigenvalue weighted by Gasteiger charge is -2.10. The number of rotatable bonds is 3. The highest BCUT2D eigenvalue weighted by molar-refractivity contribution is 6.10. The van der Waals surface area contributed by atoms with Crippen molar-refractivity contribution in [1.82, 2.24) is 0 Å². The number of carbonyl (C=O) groups excluding carboxylic acids is 1. The number of anilines is 1. The third kappa shape index (κ3) is 1.86. The number of amides is 1. The second-order valence-corrected chi connectivity index (χ2v) is 6.02. The number of methoxy groups -OCH3 is 1. The van der Waals surface area contributed by atoms with Crippen LogP contribution in [-0.2, 0) is 10.2 Å². The fourth-order valence-electron chi connectivity index (χ4n) is 3.58. The van der Waals surface area contributed by atoms with Crippen molar-refractivity contribution in [3.05, 3.63) is 59.2 Å². The first-order valence-corrected chi connectivity index (χ1v) is 7.39. The zero-order valence-corrected chi connectivity index (χ0v) is 12.5. The van der Waals surface area contributed by atoms with Gasteiger partial charge in [0.2, 0.25) is 5.91 Å². The monoisotopic (exact) mass is 309 g/mol. The van der Waals surface area contributed by atoms with Gasteiger partial charge in [-0.2, -0.15) is 0 Å². The molecule has 1 spiro atoms. The molecule has 0 unspecified atom stereocenters. The summed E-state index contributed by atoms with van der Waals surface area (Å²) in [5.41, 5.74) is 2.09. The van der Waals surface area contributed by atoms with E-state index < -0.39 is 11.4 Å². The molecule has 2 N–H and O–H groups in total. The predicted molar refractivity (Wildman–Crippen MR) is 84.1 cm³/mol. The Labute approximate surface area is 132 Å². The zero-order valence-electron chi connectivity index (χ0n) is 12.5. The van der Waals surface area contributed by atoms with Gasteiger partial charge in [-0.15, -0.1) is 0 Å². The number of carbonyl (C=O) groups is 2. The molecule has 0 radical (unpaired) electrons. The van der Waals surface area contributed by atoms with E-state index in [0.717, 1.165) is 16.9 Å². The maximum absolute atomic E-state index is 12.5. The number of fused-ring (bicyclic) bond motifs is 2. The minimum absolute atomic E-state index is 0.0443. The summed E-state index contributed by atoms with van der Waals surface area (Å²) < 4.78 is 5.25. The molecule has 23 heavy (non-hydrogen) atoms. The van der Waals surface area contributed by atoms with Crippen molar-refractivity contribution >= 4 is 17.6 Å².